The highest BCUT2D eigenvalue weighted by Crippen LogP contribution is 2.08. The van der Waals surface area contributed by atoms with Crippen LogP contribution in [0.3, 0.4) is 0 Å². The molecule has 3 amide bonds. The monoisotopic (exact) mass is 430 g/mol. The van der Waals surface area contributed by atoms with Gasteiger partial charge in [0, 0.05) is 0 Å². The lowest BCUT2D eigenvalue weighted by molar-refractivity contribution is -0.143. The zero-order valence-corrected chi connectivity index (χ0v) is 18.8. The van der Waals surface area contributed by atoms with Gasteiger partial charge in [-0.2, -0.15) is 0 Å². The minimum atomic E-state index is -1.35. The van der Waals surface area contributed by atoms with E-state index in [1.165, 1.54) is 0 Å². The summed E-state index contributed by atoms with van der Waals surface area (Å²) >= 11 is 0. The highest BCUT2D eigenvalue weighted by molar-refractivity contribution is 5.94. The molecule has 0 heterocycles. The lowest BCUT2D eigenvalue weighted by Gasteiger charge is -2.26. The number of hydrogen-bond donors (Lipinski definition) is 6. The third kappa shape index (κ3) is 10.0. The maximum atomic E-state index is 12.7. The van der Waals surface area contributed by atoms with Gasteiger partial charge in [0.15, 0.2) is 0 Å². The predicted molar refractivity (Wildman–Crippen MR) is 112 cm³/mol. The summed E-state index contributed by atoms with van der Waals surface area (Å²) < 4.78 is 0. The summed E-state index contributed by atoms with van der Waals surface area (Å²) in [7, 11) is 0. The number of aliphatic hydroxyl groups is 1. The van der Waals surface area contributed by atoms with Crippen LogP contribution >= 0.6 is 0 Å². The lowest BCUT2D eigenvalue weighted by Crippen LogP contribution is -2.58. The van der Waals surface area contributed by atoms with Crippen molar-refractivity contribution in [3.8, 4) is 0 Å². The number of carboxylic acid groups (broad SMARTS) is 1. The summed E-state index contributed by atoms with van der Waals surface area (Å²) in [5.41, 5.74) is 5.83. The van der Waals surface area contributed by atoms with Crippen molar-refractivity contribution in [1.82, 2.24) is 16.0 Å². The second-order valence-electron chi connectivity index (χ2n) is 8.73. The second kappa shape index (κ2) is 13.2. The molecule has 0 aliphatic rings. The molecular weight excluding hydrogens is 392 g/mol. The first kappa shape index (κ1) is 27.8. The molecule has 0 bridgehead atoms. The Morgan fingerprint density at radius 2 is 1.13 bits per heavy atom. The molecule has 0 aromatic carbocycles. The van der Waals surface area contributed by atoms with Gasteiger partial charge in [-0.1, -0.05) is 41.5 Å². The molecule has 0 aliphatic carbocycles. The summed E-state index contributed by atoms with van der Waals surface area (Å²) in [6, 6.07) is -4.23. The van der Waals surface area contributed by atoms with Gasteiger partial charge in [0.2, 0.25) is 17.7 Å². The highest BCUT2D eigenvalue weighted by atomic mass is 16.4. The van der Waals surface area contributed by atoms with Crippen LogP contribution < -0.4 is 21.7 Å². The molecule has 0 radical (unpaired) electrons. The third-order valence-corrected chi connectivity index (χ3v) is 4.50. The van der Waals surface area contributed by atoms with Gasteiger partial charge in [-0.05, 0) is 30.6 Å². The summed E-state index contributed by atoms with van der Waals surface area (Å²) in [4.78, 5) is 48.8. The molecule has 0 spiro atoms. The molecule has 0 saturated heterocycles. The molecule has 0 aliphatic heterocycles. The predicted octanol–water partition coefficient (Wildman–Crippen LogP) is -0.407. The molecule has 0 rings (SSSR count). The number of aliphatic hydroxyl groups excluding tert-OH is 1. The van der Waals surface area contributed by atoms with Gasteiger partial charge < -0.3 is 31.9 Å². The van der Waals surface area contributed by atoms with Gasteiger partial charge in [-0.15, -0.1) is 0 Å². The van der Waals surface area contributed by atoms with Crippen LogP contribution in [-0.4, -0.2) is 64.7 Å². The van der Waals surface area contributed by atoms with Gasteiger partial charge in [0.1, 0.15) is 18.1 Å². The minimum absolute atomic E-state index is 0.0179. The molecule has 10 heteroatoms. The molecule has 0 aromatic rings. The SMILES string of the molecule is CC(C)CC(NC(=O)C(CO)NC(=O)C(CC(C)C)NC(=O)C(N)C(C)C)C(=O)O. The van der Waals surface area contributed by atoms with Crippen molar-refractivity contribution >= 4 is 23.7 Å². The van der Waals surface area contributed by atoms with Crippen LogP contribution in [0.4, 0.5) is 0 Å². The smallest absolute Gasteiger partial charge is 0.326 e. The molecular formula is C20H38N4O6. The Balaban J connectivity index is 5.24. The summed E-state index contributed by atoms with van der Waals surface area (Å²) in [6.07, 6.45) is 0.500. The molecule has 0 aromatic heterocycles. The zero-order chi connectivity index (χ0) is 23.6. The average molecular weight is 431 g/mol. The summed E-state index contributed by atoms with van der Waals surface area (Å²) in [6.45, 7) is 10.2. The van der Waals surface area contributed by atoms with E-state index < -0.39 is 54.5 Å². The number of carboxylic acids is 1. The Morgan fingerprint density at radius 3 is 1.53 bits per heavy atom. The van der Waals surface area contributed by atoms with E-state index in [-0.39, 0.29) is 24.2 Å². The van der Waals surface area contributed by atoms with Gasteiger partial charge in [0.05, 0.1) is 12.6 Å². The van der Waals surface area contributed by atoms with Gasteiger partial charge in [0.25, 0.3) is 0 Å². The number of amides is 3. The molecule has 10 nitrogen and oxygen atoms in total. The Morgan fingerprint density at radius 1 is 0.733 bits per heavy atom. The van der Waals surface area contributed by atoms with Crippen molar-refractivity contribution in [1.29, 1.82) is 0 Å². The normalized spacial score (nSPS) is 15.4. The standard InChI is InChI=1S/C20H38N4O6/c1-10(2)7-13(22-19(28)16(21)12(5)6)17(26)24-15(9-25)18(27)23-14(20(29)30)8-11(3)4/h10-16,25H,7-9,21H2,1-6H3,(H,22,28)(H,23,27)(H,24,26)(H,29,30). The number of rotatable bonds is 13. The van der Waals surface area contributed by atoms with Crippen LogP contribution in [0.25, 0.3) is 0 Å². The first-order valence-corrected chi connectivity index (χ1v) is 10.3. The van der Waals surface area contributed by atoms with Crippen LogP contribution in [0.1, 0.15) is 54.4 Å². The van der Waals surface area contributed by atoms with Crippen LogP contribution in [0.2, 0.25) is 0 Å². The number of carbonyl (C=O) groups excluding carboxylic acids is 3. The molecule has 174 valence electrons. The highest BCUT2D eigenvalue weighted by Gasteiger charge is 2.31. The van der Waals surface area contributed by atoms with Crippen molar-refractivity contribution < 1.29 is 29.4 Å². The van der Waals surface area contributed by atoms with Gasteiger partial charge in [-0.3, -0.25) is 14.4 Å². The van der Waals surface area contributed by atoms with E-state index in [0.717, 1.165) is 0 Å². The Hall–Kier alpha value is -2.20. The first-order valence-electron chi connectivity index (χ1n) is 10.3. The van der Waals surface area contributed by atoms with Crippen LogP contribution in [0, 0.1) is 17.8 Å². The fraction of sp³-hybridized carbons (Fsp3) is 0.800. The number of nitrogens with one attached hydrogen (secondary N) is 3. The number of nitrogens with two attached hydrogens (primary N) is 1. The van der Waals surface area contributed by atoms with E-state index in [4.69, 9.17) is 5.73 Å². The Labute approximate surface area is 178 Å². The van der Waals surface area contributed by atoms with E-state index in [9.17, 15) is 29.4 Å². The van der Waals surface area contributed by atoms with Crippen LogP contribution in [-0.2, 0) is 19.2 Å². The third-order valence-electron chi connectivity index (χ3n) is 4.50. The minimum Gasteiger partial charge on any atom is -0.480 e. The van der Waals surface area contributed by atoms with E-state index in [1.807, 2.05) is 27.7 Å². The quantitative estimate of drug-likeness (QED) is 0.231. The molecule has 4 atom stereocenters. The van der Waals surface area contributed by atoms with Crippen LogP contribution in [0.15, 0.2) is 0 Å². The lowest BCUT2D eigenvalue weighted by atomic mass is 10.00. The Bertz CT molecular complexity index is 594. The summed E-state index contributed by atoms with van der Waals surface area (Å²) in [5, 5.41) is 26.2. The maximum Gasteiger partial charge on any atom is 0.326 e. The van der Waals surface area contributed by atoms with E-state index in [0.29, 0.717) is 6.42 Å². The van der Waals surface area contributed by atoms with E-state index >= 15 is 0 Å². The van der Waals surface area contributed by atoms with Gasteiger partial charge in [-0.25, -0.2) is 4.79 Å². The number of carbonyl (C=O) groups is 4. The first-order chi connectivity index (χ1) is 13.8. The molecule has 0 fully saturated rings. The van der Waals surface area contributed by atoms with Crippen molar-refractivity contribution in [2.24, 2.45) is 23.5 Å². The van der Waals surface area contributed by atoms with Crippen LogP contribution in [0.5, 0.6) is 0 Å². The van der Waals surface area contributed by atoms with Crippen molar-refractivity contribution in [2.45, 2.75) is 78.6 Å². The fourth-order valence-corrected chi connectivity index (χ4v) is 2.71. The number of aliphatic carboxylic acids is 1. The zero-order valence-electron chi connectivity index (χ0n) is 18.8. The molecule has 4 unspecified atom stereocenters. The second-order valence-corrected chi connectivity index (χ2v) is 8.73. The largest absolute Gasteiger partial charge is 0.480 e. The Kier molecular flexibility index (Phi) is 12.2. The van der Waals surface area contributed by atoms with Gasteiger partial charge >= 0.3 is 5.97 Å². The van der Waals surface area contributed by atoms with Crippen molar-refractivity contribution in [2.75, 3.05) is 6.61 Å². The molecule has 0 saturated carbocycles. The topological polar surface area (TPSA) is 171 Å². The number of hydrogen-bond acceptors (Lipinski definition) is 6. The van der Waals surface area contributed by atoms with Crippen molar-refractivity contribution in [3.63, 3.8) is 0 Å². The molecule has 30 heavy (non-hydrogen) atoms. The van der Waals surface area contributed by atoms with E-state index in [2.05, 4.69) is 16.0 Å². The average Bonchev–Trinajstić information content (AvgIpc) is 2.62. The fourth-order valence-electron chi connectivity index (χ4n) is 2.71. The molecule has 7 N–H and O–H groups in total. The maximum absolute atomic E-state index is 12.7. The van der Waals surface area contributed by atoms with Crippen molar-refractivity contribution in [3.05, 3.63) is 0 Å². The summed E-state index contributed by atoms with van der Waals surface area (Å²) in [5.74, 6) is -3.21. The van der Waals surface area contributed by atoms with E-state index in [1.54, 1.807) is 13.8 Å².